The molecule has 130 valence electrons. The zero-order chi connectivity index (χ0) is 17.9. The molecule has 0 bridgehead atoms. The van der Waals surface area contributed by atoms with Crippen molar-refractivity contribution in [3.05, 3.63) is 41.3 Å². The maximum atomic E-state index is 12.2. The van der Waals surface area contributed by atoms with Crippen molar-refractivity contribution in [1.29, 1.82) is 0 Å². The molecule has 0 aliphatic carbocycles. The molecule has 2 rings (SSSR count). The summed E-state index contributed by atoms with van der Waals surface area (Å²) in [4.78, 5) is 11.8. The molecular formula is C16H20N2O5S. The summed E-state index contributed by atoms with van der Waals surface area (Å²) in [6, 6.07) is 7.12. The van der Waals surface area contributed by atoms with Crippen LogP contribution in [0.2, 0.25) is 0 Å². The Morgan fingerprint density at radius 1 is 1.33 bits per heavy atom. The van der Waals surface area contributed by atoms with Gasteiger partial charge in [-0.05, 0) is 37.5 Å². The summed E-state index contributed by atoms with van der Waals surface area (Å²) in [6.07, 6.45) is 0. The van der Waals surface area contributed by atoms with Gasteiger partial charge in [0, 0.05) is 0 Å². The Morgan fingerprint density at radius 3 is 2.62 bits per heavy atom. The monoisotopic (exact) mass is 352 g/mol. The van der Waals surface area contributed by atoms with E-state index in [-0.39, 0.29) is 16.3 Å². The summed E-state index contributed by atoms with van der Waals surface area (Å²) in [6.45, 7) is 6.57. The number of rotatable bonds is 6. The Bertz CT molecular complexity index is 820. The largest absolute Gasteiger partial charge is 0.426 e. The van der Waals surface area contributed by atoms with E-state index in [4.69, 9.17) is 9.26 Å². The average Bonchev–Trinajstić information content (AvgIpc) is 2.85. The molecule has 0 fully saturated rings. The van der Waals surface area contributed by atoms with E-state index in [2.05, 4.69) is 9.88 Å². The Balaban J connectivity index is 2.02. The first-order valence-corrected chi connectivity index (χ1v) is 8.92. The van der Waals surface area contributed by atoms with E-state index in [1.807, 2.05) is 19.9 Å². The minimum atomic E-state index is -3.89. The number of carbonyl (C=O) groups excluding carboxylic acids is 1. The fraction of sp³-hybridized carbons (Fsp3) is 0.375. The van der Waals surface area contributed by atoms with Crippen molar-refractivity contribution in [3.63, 3.8) is 0 Å². The number of aryl methyl sites for hydroxylation is 2. The molecule has 0 amide bonds. The fourth-order valence-electron chi connectivity index (χ4n) is 2.19. The standard InChI is InChI=1S/C16H20N2O5S/c1-10(2)13-6-5-7-14(8-13)22-15(19)9-17-24(20,21)16-11(3)18-23-12(16)4/h5-8,10,17H,9H2,1-4H3. The third kappa shape index (κ3) is 4.21. The highest BCUT2D eigenvalue weighted by Crippen LogP contribution is 2.21. The van der Waals surface area contributed by atoms with Gasteiger partial charge in [-0.3, -0.25) is 4.79 Å². The van der Waals surface area contributed by atoms with Gasteiger partial charge < -0.3 is 9.26 Å². The fourth-order valence-corrected chi connectivity index (χ4v) is 3.48. The van der Waals surface area contributed by atoms with Crippen LogP contribution in [-0.4, -0.2) is 26.1 Å². The highest BCUT2D eigenvalue weighted by Gasteiger charge is 2.25. The SMILES string of the molecule is Cc1noc(C)c1S(=O)(=O)NCC(=O)Oc1cccc(C(C)C)c1. The van der Waals surface area contributed by atoms with Crippen LogP contribution in [0.25, 0.3) is 0 Å². The van der Waals surface area contributed by atoms with E-state index in [1.165, 1.54) is 13.8 Å². The lowest BCUT2D eigenvalue weighted by atomic mass is 10.0. The minimum absolute atomic E-state index is 0.0582. The lowest BCUT2D eigenvalue weighted by Crippen LogP contribution is -2.32. The van der Waals surface area contributed by atoms with E-state index >= 15 is 0 Å². The van der Waals surface area contributed by atoms with Crippen molar-refractivity contribution in [3.8, 4) is 5.75 Å². The Morgan fingerprint density at radius 2 is 2.04 bits per heavy atom. The topological polar surface area (TPSA) is 98.5 Å². The second-order valence-electron chi connectivity index (χ2n) is 5.68. The molecule has 0 spiro atoms. The number of hydrogen-bond donors (Lipinski definition) is 1. The highest BCUT2D eigenvalue weighted by atomic mass is 32.2. The van der Waals surface area contributed by atoms with Crippen molar-refractivity contribution in [2.24, 2.45) is 0 Å². The minimum Gasteiger partial charge on any atom is -0.426 e. The number of carbonyl (C=O) groups is 1. The van der Waals surface area contributed by atoms with E-state index in [0.717, 1.165) is 5.56 Å². The first-order valence-electron chi connectivity index (χ1n) is 7.44. The molecule has 8 heteroatoms. The summed E-state index contributed by atoms with van der Waals surface area (Å²) < 4.78 is 36.6. The first-order chi connectivity index (χ1) is 11.2. The number of esters is 1. The maximum Gasteiger partial charge on any atom is 0.326 e. The van der Waals surface area contributed by atoms with Crippen molar-refractivity contribution in [2.75, 3.05) is 6.54 Å². The van der Waals surface area contributed by atoms with Crippen LogP contribution in [0.3, 0.4) is 0 Å². The van der Waals surface area contributed by atoms with Crippen LogP contribution in [0.1, 0.15) is 36.8 Å². The molecule has 1 aromatic heterocycles. The molecule has 0 saturated heterocycles. The second-order valence-corrected chi connectivity index (χ2v) is 7.38. The van der Waals surface area contributed by atoms with Crippen LogP contribution in [0.5, 0.6) is 5.75 Å². The van der Waals surface area contributed by atoms with E-state index in [1.54, 1.807) is 18.2 Å². The molecule has 1 heterocycles. The lowest BCUT2D eigenvalue weighted by Gasteiger charge is -2.09. The molecule has 0 atom stereocenters. The normalized spacial score (nSPS) is 11.7. The maximum absolute atomic E-state index is 12.2. The molecule has 7 nitrogen and oxygen atoms in total. The van der Waals surface area contributed by atoms with Crippen molar-refractivity contribution >= 4 is 16.0 Å². The molecule has 0 radical (unpaired) electrons. The zero-order valence-corrected chi connectivity index (χ0v) is 14.8. The molecule has 2 aromatic rings. The lowest BCUT2D eigenvalue weighted by molar-refractivity contribution is -0.133. The van der Waals surface area contributed by atoms with Gasteiger partial charge >= 0.3 is 5.97 Å². The average molecular weight is 352 g/mol. The summed E-state index contributed by atoms with van der Waals surface area (Å²) in [5.41, 5.74) is 1.26. The Kier molecular flexibility index (Phi) is 5.40. The summed E-state index contributed by atoms with van der Waals surface area (Å²) in [7, 11) is -3.89. The van der Waals surface area contributed by atoms with E-state index in [9.17, 15) is 13.2 Å². The number of nitrogens with one attached hydrogen (secondary N) is 1. The number of hydrogen-bond acceptors (Lipinski definition) is 6. The van der Waals surface area contributed by atoms with Gasteiger partial charge in [0.05, 0.1) is 0 Å². The van der Waals surface area contributed by atoms with Crippen molar-refractivity contribution in [1.82, 2.24) is 9.88 Å². The predicted molar refractivity (Wildman–Crippen MR) is 87.3 cm³/mol. The summed E-state index contributed by atoms with van der Waals surface area (Å²) in [5, 5.41) is 3.59. The van der Waals surface area contributed by atoms with Gasteiger partial charge in [-0.25, -0.2) is 8.42 Å². The van der Waals surface area contributed by atoms with Gasteiger partial charge in [-0.15, -0.1) is 0 Å². The molecule has 1 aromatic carbocycles. The molecule has 0 aliphatic rings. The molecule has 0 unspecified atom stereocenters. The van der Waals surface area contributed by atoms with E-state index < -0.39 is 22.5 Å². The smallest absolute Gasteiger partial charge is 0.326 e. The zero-order valence-electron chi connectivity index (χ0n) is 14.0. The Hall–Kier alpha value is -2.19. The van der Waals surface area contributed by atoms with E-state index in [0.29, 0.717) is 11.7 Å². The molecule has 1 N–H and O–H groups in total. The van der Waals surface area contributed by atoms with Gasteiger partial charge in [0.25, 0.3) is 0 Å². The molecule has 0 saturated carbocycles. The van der Waals surface area contributed by atoms with Gasteiger partial charge in [0.1, 0.15) is 22.9 Å². The second kappa shape index (κ2) is 7.14. The number of benzene rings is 1. The number of nitrogens with zero attached hydrogens (tertiary/aromatic N) is 1. The summed E-state index contributed by atoms with van der Waals surface area (Å²) in [5.74, 6) is 0.133. The van der Waals surface area contributed by atoms with Gasteiger partial charge in [0.2, 0.25) is 10.0 Å². The summed E-state index contributed by atoms with van der Waals surface area (Å²) >= 11 is 0. The van der Waals surface area contributed by atoms with Crippen LogP contribution in [-0.2, 0) is 14.8 Å². The number of ether oxygens (including phenoxy) is 1. The molecular weight excluding hydrogens is 332 g/mol. The van der Waals surface area contributed by atoms with Gasteiger partial charge in [-0.2, -0.15) is 4.72 Å². The van der Waals surface area contributed by atoms with Gasteiger partial charge in [0.15, 0.2) is 5.76 Å². The molecule has 24 heavy (non-hydrogen) atoms. The quantitative estimate of drug-likeness (QED) is 0.633. The van der Waals surface area contributed by atoms with Gasteiger partial charge in [-0.1, -0.05) is 31.1 Å². The molecule has 0 aliphatic heterocycles. The third-order valence-electron chi connectivity index (χ3n) is 3.40. The Labute approximate surface area is 141 Å². The highest BCUT2D eigenvalue weighted by molar-refractivity contribution is 7.89. The van der Waals surface area contributed by atoms with Crippen LogP contribution in [0, 0.1) is 13.8 Å². The number of aromatic nitrogens is 1. The first kappa shape index (κ1) is 18.2. The van der Waals surface area contributed by atoms with Crippen molar-refractivity contribution in [2.45, 2.75) is 38.5 Å². The number of sulfonamides is 1. The van der Waals surface area contributed by atoms with Crippen LogP contribution in [0.15, 0.2) is 33.7 Å². The van der Waals surface area contributed by atoms with Crippen LogP contribution in [0.4, 0.5) is 0 Å². The van der Waals surface area contributed by atoms with Crippen LogP contribution >= 0.6 is 0 Å². The predicted octanol–water partition coefficient (Wildman–Crippen LogP) is 2.30. The van der Waals surface area contributed by atoms with Crippen LogP contribution < -0.4 is 9.46 Å². The van der Waals surface area contributed by atoms with Crippen molar-refractivity contribution < 1.29 is 22.5 Å². The third-order valence-corrected chi connectivity index (χ3v) is 5.04.